The van der Waals surface area contributed by atoms with Crippen LogP contribution in [-0.4, -0.2) is 47.3 Å². The summed E-state index contributed by atoms with van der Waals surface area (Å²) in [4.78, 5) is 48.9. The Bertz CT molecular complexity index is 1070. The number of ether oxygens (including phenoxy) is 2. The highest BCUT2D eigenvalue weighted by Gasteiger charge is 2.41. The lowest BCUT2D eigenvalue weighted by Crippen LogP contribution is -2.37. The van der Waals surface area contributed by atoms with Crippen LogP contribution in [0.25, 0.3) is 0 Å². The molecule has 32 heavy (non-hydrogen) atoms. The van der Waals surface area contributed by atoms with Gasteiger partial charge in [-0.3, -0.25) is 29.4 Å². The molecule has 10 heteroatoms. The number of rotatable bonds is 10. The third-order valence-corrected chi connectivity index (χ3v) is 4.63. The predicted molar refractivity (Wildman–Crippen MR) is 115 cm³/mol. The first-order valence-electron chi connectivity index (χ1n) is 10.2. The van der Waals surface area contributed by atoms with Crippen LogP contribution in [0.2, 0.25) is 0 Å². The highest BCUT2D eigenvalue weighted by Crippen LogP contribution is 2.32. The Kier molecular flexibility index (Phi) is 7.04. The SMILES string of the molecule is CCCOc1ccc(NC(=O)CN2C(=O)c3cccc([N+](=O)[O-])c3C2=O)cc1OCCC. The Hall–Kier alpha value is -3.95. The summed E-state index contributed by atoms with van der Waals surface area (Å²) in [6.07, 6.45) is 1.61. The Morgan fingerprint density at radius 2 is 1.72 bits per heavy atom. The molecule has 168 valence electrons. The number of nitro benzene ring substituents is 1. The zero-order valence-electron chi connectivity index (χ0n) is 17.8. The molecule has 10 nitrogen and oxygen atoms in total. The second-order valence-electron chi connectivity index (χ2n) is 7.06. The van der Waals surface area contributed by atoms with E-state index in [1.807, 2.05) is 13.8 Å². The summed E-state index contributed by atoms with van der Waals surface area (Å²) >= 11 is 0. The highest BCUT2D eigenvalue weighted by atomic mass is 16.6. The van der Waals surface area contributed by atoms with Gasteiger partial charge in [-0.25, -0.2) is 0 Å². The van der Waals surface area contributed by atoms with Gasteiger partial charge in [-0.15, -0.1) is 0 Å². The Morgan fingerprint density at radius 3 is 2.38 bits per heavy atom. The molecular weight excluding hydrogens is 418 g/mol. The van der Waals surface area contributed by atoms with Gasteiger partial charge in [-0.05, 0) is 31.0 Å². The minimum Gasteiger partial charge on any atom is -0.490 e. The summed E-state index contributed by atoms with van der Waals surface area (Å²) in [5, 5.41) is 13.8. The lowest BCUT2D eigenvalue weighted by Gasteiger charge is -2.16. The molecular formula is C22H23N3O7. The van der Waals surface area contributed by atoms with Crippen molar-refractivity contribution in [1.82, 2.24) is 4.90 Å². The smallest absolute Gasteiger partial charge is 0.282 e. The van der Waals surface area contributed by atoms with Crippen LogP contribution in [0, 0.1) is 10.1 Å². The summed E-state index contributed by atoms with van der Waals surface area (Å²) in [6, 6.07) is 8.69. The van der Waals surface area contributed by atoms with E-state index in [2.05, 4.69) is 5.32 Å². The van der Waals surface area contributed by atoms with Crippen LogP contribution in [0.4, 0.5) is 11.4 Å². The number of hydrogen-bond donors (Lipinski definition) is 1. The molecule has 0 spiro atoms. The van der Waals surface area contributed by atoms with Crippen molar-refractivity contribution in [3.63, 3.8) is 0 Å². The predicted octanol–water partition coefficient (Wildman–Crippen LogP) is 3.41. The number of nitrogens with zero attached hydrogens (tertiary/aromatic N) is 2. The first-order valence-corrected chi connectivity index (χ1v) is 10.2. The van der Waals surface area contributed by atoms with E-state index in [1.165, 1.54) is 12.1 Å². The highest BCUT2D eigenvalue weighted by molar-refractivity contribution is 6.24. The van der Waals surface area contributed by atoms with Crippen LogP contribution in [0.1, 0.15) is 47.4 Å². The number of nitro groups is 1. The molecule has 1 aliphatic rings. The minimum atomic E-state index is -0.872. The molecule has 0 bridgehead atoms. The third-order valence-electron chi connectivity index (χ3n) is 4.63. The van der Waals surface area contributed by atoms with Crippen molar-refractivity contribution in [3.8, 4) is 11.5 Å². The average molecular weight is 441 g/mol. The zero-order valence-corrected chi connectivity index (χ0v) is 17.8. The summed E-state index contributed by atoms with van der Waals surface area (Å²) in [7, 11) is 0. The second-order valence-corrected chi connectivity index (χ2v) is 7.06. The van der Waals surface area contributed by atoms with Crippen molar-refractivity contribution < 1.29 is 28.8 Å². The topological polar surface area (TPSA) is 128 Å². The Balaban J connectivity index is 1.74. The summed E-state index contributed by atoms with van der Waals surface area (Å²) in [5.41, 5.74) is -0.468. The van der Waals surface area contributed by atoms with E-state index in [-0.39, 0.29) is 11.1 Å². The fourth-order valence-corrected chi connectivity index (χ4v) is 3.20. The number of amides is 3. The van der Waals surface area contributed by atoms with E-state index < -0.39 is 34.9 Å². The van der Waals surface area contributed by atoms with Gasteiger partial charge in [0.1, 0.15) is 12.1 Å². The molecule has 3 amide bonds. The molecule has 0 unspecified atom stereocenters. The van der Waals surface area contributed by atoms with Gasteiger partial charge in [-0.2, -0.15) is 0 Å². The number of carbonyl (C=O) groups excluding carboxylic acids is 3. The number of carbonyl (C=O) groups is 3. The first-order chi connectivity index (χ1) is 15.4. The Morgan fingerprint density at radius 1 is 1.03 bits per heavy atom. The molecule has 1 heterocycles. The summed E-state index contributed by atoms with van der Waals surface area (Å²) in [6.45, 7) is 4.34. The molecule has 2 aromatic carbocycles. The minimum absolute atomic E-state index is 0.0929. The first kappa shape index (κ1) is 22.7. The number of anilines is 1. The summed E-state index contributed by atoms with van der Waals surface area (Å²) < 4.78 is 11.3. The van der Waals surface area contributed by atoms with Crippen LogP contribution in [-0.2, 0) is 4.79 Å². The molecule has 0 saturated heterocycles. The maximum absolute atomic E-state index is 12.6. The van der Waals surface area contributed by atoms with Crippen LogP contribution in [0.15, 0.2) is 36.4 Å². The van der Waals surface area contributed by atoms with Gasteiger partial charge in [0.25, 0.3) is 17.5 Å². The van der Waals surface area contributed by atoms with Crippen LogP contribution < -0.4 is 14.8 Å². The summed E-state index contributed by atoms with van der Waals surface area (Å²) in [5.74, 6) is -1.24. The van der Waals surface area contributed by atoms with Gasteiger partial charge < -0.3 is 14.8 Å². The number of nitrogens with one attached hydrogen (secondary N) is 1. The van der Waals surface area contributed by atoms with Gasteiger partial charge >= 0.3 is 0 Å². The van der Waals surface area contributed by atoms with Gasteiger partial charge in [0, 0.05) is 17.8 Å². The average Bonchev–Trinajstić information content (AvgIpc) is 3.01. The van der Waals surface area contributed by atoms with Crippen LogP contribution in [0.5, 0.6) is 11.5 Å². The molecule has 0 aliphatic carbocycles. The quantitative estimate of drug-likeness (QED) is 0.340. The molecule has 0 fully saturated rings. The Labute approximate surface area is 184 Å². The fraction of sp³-hybridized carbons (Fsp3) is 0.318. The van der Waals surface area contributed by atoms with Crippen molar-refractivity contribution in [2.24, 2.45) is 0 Å². The van der Waals surface area contributed by atoms with Crippen LogP contribution in [0.3, 0.4) is 0 Å². The molecule has 1 aliphatic heterocycles. The van der Waals surface area contributed by atoms with Gasteiger partial charge in [0.05, 0.1) is 23.7 Å². The third kappa shape index (κ3) is 4.69. The van der Waals surface area contributed by atoms with Crippen molar-refractivity contribution >= 4 is 29.1 Å². The van der Waals surface area contributed by atoms with E-state index >= 15 is 0 Å². The largest absolute Gasteiger partial charge is 0.490 e. The molecule has 1 N–H and O–H groups in total. The van der Waals surface area contributed by atoms with Gasteiger partial charge in [0.2, 0.25) is 5.91 Å². The zero-order chi connectivity index (χ0) is 23.3. The lowest BCUT2D eigenvalue weighted by molar-refractivity contribution is -0.385. The molecule has 0 atom stereocenters. The van der Waals surface area contributed by atoms with Crippen molar-refractivity contribution in [3.05, 3.63) is 57.6 Å². The van der Waals surface area contributed by atoms with E-state index in [0.29, 0.717) is 35.3 Å². The monoisotopic (exact) mass is 441 g/mol. The fourth-order valence-electron chi connectivity index (χ4n) is 3.20. The number of benzene rings is 2. The second kappa shape index (κ2) is 9.90. The molecule has 0 radical (unpaired) electrons. The van der Waals surface area contributed by atoms with Crippen LogP contribution >= 0.6 is 0 Å². The van der Waals surface area contributed by atoms with Crippen molar-refractivity contribution in [2.45, 2.75) is 26.7 Å². The van der Waals surface area contributed by atoms with E-state index in [0.717, 1.165) is 18.9 Å². The van der Waals surface area contributed by atoms with E-state index in [1.54, 1.807) is 18.2 Å². The van der Waals surface area contributed by atoms with Crippen molar-refractivity contribution in [1.29, 1.82) is 0 Å². The maximum Gasteiger partial charge on any atom is 0.282 e. The standard InChI is InChI=1S/C22H23N3O7/c1-3-10-31-17-9-8-14(12-18(17)32-11-4-2)23-19(26)13-24-21(27)15-6-5-7-16(25(29)30)20(15)22(24)28/h5-9,12H,3-4,10-11,13H2,1-2H3,(H,23,26). The normalized spacial score (nSPS) is 12.5. The molecule has 3 rings (SSSR count). The number of fused-ring (bicyclic) bond motifs is 1. The number of imide groups is 1. The molecule has 2 aromatic rings. The van der Waals surface area contributed by atoms with Crippen molar-refractivity contribution in [2.75, 3.05) is 25.1 Å². The van der Waals surface area contributed by atoms with Gasteiger partial charge in [0.15, 0.2) is 11.5 Å². The lowest BCUT2D eigenvalue weighted by atomic mass is 10.1. The molecule has 0 aromatic heterocycles. The molecule has 0 saturated carbocycles. The maximum atomic E-state index is 12.6. The van der Waals surface area contributed by atoms with E-state index in [4.69, 9.17) is 9.47 Å². The number of hydrogen-bond acceptors (Lipinski definition) is 7. The van der Waals surface area contributed by atoms with E-state index in [9.17, 15) is 24.5 Å². The van der Waals surface area contributed by atoms with Gasteiger partial charge in [-0.1, -0.05) is 19.9 Å².